The molecule has 0 amide bonds. The van der Waals surface area contributed by atoms with Gasteiger partial charge in [-0.05, 0) is 54.1 Å². The fourth-order valence-corrected chi connectivity index (χ4v) is 3.33. The van der Waals surface area contributed by atoms with Gasteiger partial charge < -0.3 is 9.84 Å². The van der Waals surface area contributed by atoms with Crippen molar-refractivity contribution < 1.29 is 9.84 Å². The Bertz CT molecular complexity index is 892. The number of nitrogens with zero attached hydrogens (tertiary/aromatic N) is 1. The zero-order chi connectivity index (χ0) is 17.6. The lowest BCUT2D eigenvalue weighted by molar-refractivity contribution is 0.305. The number of benzene rings is 3. The summed E-state index contributed by atoms with van der Waals surface area (Å²) in [7, 11) is 0. The summed E-state index contributed by atoms with van der Waals surface area (Å²) in [5.41, 5.74) is 2.55. The Morgan fingerprint density at radius 2 is 1.72 bits per heavy atom. The second-order valence-electron chi connectivity index (χ2n) is 5.34. The third-order valence-electron chi connectivity index (χ3n) is 3.52. The number of phenols is 1. The Hall–Kier alpha value is -2.11. The van der Waals surface area contributed by atoms with E-state index < -0.39 is 0 Å². The molecule has 1 N–H and O–H groups in total. The molecule has 5 heteroatoms. The normalized spacial score (nSPS) is 11.0. The molecule has 25 heavy (non-hydrogen) atoms. The molecule has 0 radical (unpaired) electrons. The first-order chi connectivity index (χ1) is 12.1. The minimum Gasteiger partial charge on any atom is -0.506 e. The van der Waals surface area contributed by atoms with E-state index in [9.17, 15) is 5.11 Å². The van der Waals surface area contributed by atoms with Crippen LogP contribution in [0.3, 0.4) is 0 Å². The molecule has 3 nitrogen and oxygen atoms in total. The summed E-state index contributed by atoms with van der Waals surface area (Å²) in [6.07, 6.45) is 1.71. The lowest BCUT2D eigenvalue weighted by Gasteiger charge is -2.08. The van der Waals surface area contributed by atoms with Crippen LogP contribution in [0.25, 0.3) is 0 Å². The number of aliphatic imine (C=N–C) groups is 1. The van der Waals surface area contributed by atoms with E-state index in [0.717, 1.165) is 25.8 Å². The van der Waals surface area contributed by atoms with Gasteiger partial charge in [-0.1, -0.05) is 50.1 Å². The number of hydrogen-bond donors (Lipinski definition) is 1. The molecule has 0 spiro atoms. The minimum absolute atomic E-state index is 0.166. The first-order valence-corrected chi connectivity index (χ1v) is 9.19. The summed E-state index contributed by atoms with van der Waals surface area (Å²) in [5.74, 6) is 0.952. The number of aromatic hydroxyl groups is 1. The Morgan fingerprint density at radius 1 is 0.960 bits per heavy atom. The zero-order valence-corrected chi connectivity index (χ0v) is 16.4. The molecule has 0 fully saturated rings. The molecule has 0 atom stereocenters. The van der Waals surface area contributed by atoms with Crippen LogP contribution in [0.5, 0.6) is 11.5 Å². The van der Waals surface area contributed by atoms with Crippen LogP contribution in [0.4, 0.5) is 5.69 Å². The summed E-state index contributed by atoms with van der Waals surface area (Å²) in [6, 6.07) is 20.6. The van der Waals surface area contributed by atoms with Gasteiger partial charge in [0.15, 0.2) is 0 Å². The van der Waals surface area contributed by atoms with Crippen LogP contribution in [0, 0.1) is 0 Å². The molecular weight excluding hydrogens is 446 g/mol. The van der Waals surface area contributed by atoms with Gasteiger partial charge in [0.2, 0.25) is 0 Å². The Kier molecular flexibility index (Phi) is 5.89. The Morgan fingerprint density at radius 3 is 2.44 bits per heavy atom. The van der Waals surface area contributed by atoms with Crippen molar-refractivity contribution >= 4 is 43.8 Å². The van der Waals surface area contributed by atoms with Gasteiger partial charge in [0.1, 0.15) is 23.8 Å². The maximum absolute atomic E-state index is 9.71. The number of halogens is 2. The van der Waals surface area contributed by atoms with E-state index >= 15 is 0 Å². The minimum atomic E-state index is 0.166. The SMILES string of the molecule is Oc1ccccc1N=Cc1ccc(OCc2ccc(Br)cc2Br)cc1. The van der Waals surface area contributed by atoms with E-state index in [1.807, 2.05) is 48.5 Å². The maximum atomic E-state index is 9.71. The van der Waals surface area contributed by atoms with E-state index in [1.54, 1.807) is 24.4 Å². The largest absolute Gasteiger partial charge is 0.506 e. The van der Waals surface area contributed by atoms with Crippen molar-refractivity contribution in [2.75, 3.05) is 0 Å². The first kappa shape index (κ1) is 17.7. The van der Waals surface area contributed by atoms with Crippen molar-refractivity contribution in [1.29, 1.82) is 0 Å². The average molecular weight is 461 g/mol. The highest BCUT2D eigenvalue weighted by atomic mass is 79.9. The monoisotopic (exact) mass is 459 g/mol. The van der Waals surface area contributed by atoms with Gasteiger partial charge in [-0.2, -0.15) is 0 Å². The van der Waals surface area contributed by atoms with Crippen LogP contribution in [0.1, 0.15) is 11.1 Å². The topological polar surface area (TPSA) is 41.8 Å². The average Bonchev–Trinajstić information content (AvgIpc) is 2.61. The summed E-state index contributed by atoms with van der Waals surface area (Å²) in [4.78, 5) is 4.29. The van der Waals surface area contributed by atoms with Crippen LogP contribution >= 0.6 is 31.9 Å². The van der Waals surface area contributed by atoms with Gasteiger partial charge in [0.25, 0.3) is 0 Å². The van der Waals surface area contributed by atoms with Crippen LogP contribution in [0.15, 0.2) is 80.7 Å². The fourth-order valence-electron chi connectivity index (χ4n) is 2.17. The Labute approximate surface area is 163 Å². The molecule has 126 valence electrons. The van der Waals surface area contributed by atoms with Gasteiger partial charge in [-0.3, -0.25) is 4.99 Å². The highest BCUT2D eigenvalue weighted by Crippen LogP contribution is 2.25. The summed E-state index contributed by atoms with van der Waals surface area (Å²) in [5, 5.41) is 9.71. The lowest BCUT2D eigenvalue weighted by atomic mass is 10.2. The van der Waals surface area contributed by atoms with Crippen LogP contribution < -0.4 is 4.74 Å². The van der Waals surface area contributed by atoms with E-state index in [1.165, 1.54) is 0 Å². The molecular formula is C20H15Br2NO2. The molecule has 3 aromatic rings. The quantitative estimate of drug-likeness (QED) is 0.457. The van der Waals surface area contributed by atoms with Gasteiger partial charge in [0.05, 0.1) is 0 Å². The smallest absolute Gasteiger partial charge is 0.141 e. The van der Waals surface area contributed by atoms with Gasteiger partial charge in [-0.15, -0.1) is 0 Å². The van der Waals surface area contributed by atoms with Crippen molar-refractivity contribution in [2.45, 2.75) is 6.61 Å². The second kappa shape index (κ2) is 8.32. The summed E-state index contributed by atoms with van der Waals surface area (Å²) >= 11 is 6.97. The fraction of sp³-hybridized carbons (Fsp3) is 0.0500. The first-order valence-electron chi connectivity index (χ1n) is 7.61. The molecule has 0 bridgehead atoms. The van der Waals surface area contributed by atoms with Crippen molar-refractivity contribution in [3.63, 3.8) is 0 Å². The van der Waals surface area contributed by atoms with Crippen molar-refractivity contribution in [1.82, 2.24) is 0 Å². The predicted octanol–water partition coefficient (Wildman–Crippen LogP) is 6.25. The Balaban J connectivity index is 1.63. The molecule has 0 unspecified atom stereocenters. The maximum Gasteiger partial charge on any atom is 0.141 e. The van der Waals surface area contributed by atoms with Gasteiger partial charge in [0, 0.05) is 20.7 Å². The summed E-state index contributed by atoms with van der Waals surface area (Å²) in [6.45, 7) is 0.485. The molecule has 0 aliphatic heterocycles. The molecule has 0 saturated carbocycles. The van der Waals surface area contributed by atoms with Gasteiger partial charge >= 0.3 is 0 Å². The number of hydrogen-bond acceptors (Lipinski definition) is 3. The third-order valence-corrected chi connectivity index (χ3v) is 4.76. The highest BCUT2D eigenvalue weighted by molar-refractivity contribution is 9.11. The predicted molar refractivity (Wildman–Crippen MR) is 108 cm³/mol. The second-order valence-corrected chi connectivity index (χ2v) is 7.11. The van der Waals surface area contributed by atoms with E-state index in [0.29, 0.717) is 12.3 Å². The van der Waals surface area contributed by atoms with Crippen LogP contribution in [0.2, 0.25) is 0 Å². The molecule has 0 aliphatic carbocycles. The van der Waals surface area contributed by atoms with Crippen molar-refractivity contribution in [3.8, 4) is 11.5 Å². The third kappa shape index (κ3) is 4.94. The molecule has 0 aliphatic rings. The molecule has 3 aromatic carbocycles. The number of phenolic OH excluding ortho intramolecular Hbond substituents is 1. The summed E-state index contributed by atoms with van der Waals surface area (Å²) < 4.78 is 7.85. The lowest BCUT2D eigenvalue weighted by Crippen LogP contribution is -1.96. The molecule has 0 aromatic heterocycles. The van der Waals surface area contributed by atoms with Crippen molar-refractivity contribution in [2.24, 2.45) is 4.99 Å². The van der Waals surface area contributed by atoms with Gasteiger partial charge in [-0.25, -0.2) is 0 Å². The van der Waals surface area contributed by atoms with Crippen LogP contribution in [-0.2, 0) is 6.61 Å². The number of rotatable bonds is 5. The van der Waals surface area contributed by atoms with Crippen molar-refractivity contribution in [3.05, 3.63) is 86.8 Å². The number of para-hydroxylation sites is 2. The van der Waals surface area contributed by atoms with E-state index in [2.05, 4.69) is 36.9 Å². The van der Waals surface area contributed by atoms with E-state index in [4.69, 9.17) is 4.74 Å². The van der Waals surface area contributed by atoms with Crippen LogP contribution in [-0.4, -0.2) is 11.3 Å². The molecule has 0 saturated heterocycles. The van der Waals surface area contributed by atoms with E-state index in [-0.39, 0.29) is 5.75 Å². The highest BCUT2D eigenvalue weighted by Gasteiger charge is 2.02. The molecule has 3 rings (SSSR count). The molecule has 0 heterocycles. The zero-order valence-electron chi connectivity index (χ0n) is 13.2. The number of ether oxygens (including phenoxy) is 1. The standard InChI is InChI=1S/C20H15Br2NO2/c21-16-8-7-15(18(22)11-16)13-25-17-9-5-14(6-10-17)12-23-19-3-1-2-4-20(19)24/h1-12,24H,13H2.